The van der Waals surface area contributed by atoms with E-state index in [-0.39, 0.29) is 10.7 Å². The van der Waals surface area contributed by atoms with Gasteiger partial charge in [-0.2, -0.15) is 0 Å². The number of rotatable bonds is 0. The van der Waals surface area contributed by atoms with E-state index in [2.05, 4.69) is 27.3 Å². The number of alkyl halides is 1. The van der Waals surface area contributed by atoms with E-state index in [4.69, 9.17) is 0 Å². The Bertz CT molecular complexity index is 351. The van der Waals surface area contributed by atoms with Crippen LogP contribution in [0.5, 0.6) is 0 Å². The van der Waals surface area contributed by atoms with Gasteiger partial charge < -0.3 is 5.32 Å². The van der Waals surface area contributed by atoms with Crippen molar-refractivity contribution >= 4 is 27.5 Å². The second kappa shape index (κ2) is 4.13. The fourth-order valence-corrected chi connectivity index (χ4v) is 2.11. The third-order valence-electron chi connectivity index (χ3n) is 2.46. The third kappa shape index (κ3) is 1.98. The number of aryl methyl sites for hydroxylation is 1. The van der Waals surface area contributed by atoms with Crippen LogP contribution in [0.25, 0.3) is 0 Å². The molecule has 1 aromatic carbocycles. The molecule has 3 heteroatoms. The van der Waals surface area contributed by atoms with Gasteiger partial charge in [-0.25, -0.2) is 0 Å². The molecule has 0 saturated heterocycles. The summed E-state index contributed by atoms with van der Waals surface area (Å²) in [7, 11) is 0. The van der Waals surface area contributed by atoms with E-state index in [1.165, 1.54) is 5.56 Å². The summed E-state index contributed by atoms with van der Waals surface area (Å²) < 4.78 is 0. The maximum absolute atomic E-state index is 11.6. The highest BCUT2D eigenvalue weighted by molar-refractivity contribution is 9.10. The predicted octanol–water partition coefficient (Wildman–Crippen LogP) is 2.72. The number of fused-ring (bicyclic) bond motifs is 1. The van der Waals surface area contributed by atoms with Crippen molar-refractivity contribution in [3.05, 3.63) is 29.8 Å². The molecule has 1 heterocycles. The molecule has 2 rings (SSSR count). The van der Waals surface area contributed by atoms with Crippen molar-refractivity contribution in [3.8, 4) is 0 Å². The fraction of sp³-hybridized carbons (Fsp3) is 0.364. The third-order valence-corrected chi connectivity index (χ3v) is 3.34. The second-order valence-corrected chi connectivity index (χ2v) is 4.61. The van der Waals surface area contributed by atoms with Crippen LogP contribution in [0, 0.1) is 0 Å². The highest BCUT2D eigenvalue weighted by Crippen LogP contribution is 2.23. The first-order valence-electron chi connectivity index (χ1n) is 4.80. The van der Waals surface area contributed by atoms with Gasteiger partial charge >= 0.3 is 0 Å². The molecular weight excluding hydrogens is 242 g/mol. The van der Waals surface area contributed by atoms with Crippen molar-refractivity contribution in [2.24, 2.45) is 0 Å². The fourth-order valence-electron chi connectivity index (χ4n) is 1.67. The van der Waals surface area contributed by atoms with Crippen LogP contribution in [0.3, 0.4) is 0 Å². The maximum atomic E-state index is 11.6. The van der Waals surface area contributed by atoms with E-state index in [9.17, 15) is 4.79 Å². The highest BCUT2D eigenvalue weighted by atomic mass is 79.9. The second-order valence-electron chi connectivity index (χ2n) is 3.51. The lowest BCUT2D eigenvalue weighted by Gasteiger charge is -2.17. The number of carbonyl (C=O) groups excluding carboxylic acids is 1. The lowest BCUT2D eigenvalue weighted by Crippen LogP contribution is -2.25. The summed E-state index contributed by atoms with van der Waals surface area (Å²) in [5.41, 5.74) is 2.20. The van der Waals surface area contributed by atoms with Gasteiger partial charge in [0.25, 0.3) is 0 Å². The zero-order chi connectivity index (χ0) is 9.97. The first kappa shape index (κ1) is 9.71. The van der Waals surface area contributed by atoms with Crippen LogP contribution >= 0.6 is 15.9 Å². The van der Waals surface area contributed by atoms with Crippen molar-refractivity contribution < 1.29 is 4.79 Å². The van der Waals surface area contributed by atoms with Crippen molar-refractivity contribution in [2.45, 2.75) is 24.1 Å². The first-order chi connectivity index (χ1) is 6.77. The number of carbonyl (C=O) groups is 1. The number of nitrogens with one attached hydrogen (secondary N) is 1. The molecule has 2 nitrogen and oxygen atoms in total. The number of amides is 1. The lowest BCUT2D eigenvalue weighted by molar-refractivity contribution is -0.115. The molecule has 1 amide bonds. The minimum Gasteiger partial charge on any atom is -0.325 e. The van der Waals surface area contributed by atoms with Crippen molar-refractivity contribution in [1.29, 1.82) is 0 Å². The number of para-hydroxylation sites is 1. The molecule has 0 aliphatic carbocycles. The zero-order valence-corrected chi connectivity index (χ0v) is 9.38. The van der Waals surface area contributed by atoms with E-state index in [0.717, 1.165) is 24.9 Å². The smallest absolute Gasteiger partial charge is 0.238 e. The van der Waals surface area contributed by atoms with Gasteiger partial charge in [-0.1, -0.05) is 34.1 Å². The van der Waals surface area contributed by atoms with Gasteiger partial charge in [0, 0.05) is 5.69 Å². The Labute approximate surface area is 91.8 Å². The average molecular weight is 254 g/mol. The normalized spacial score (nSPS) is 21.8. The maximum Gasteiger partial charge on any atom is 0.238 e. The summed E-state index contributed by atoms with van der Waals surface area (Å²) >= 11 is 3.38. The Balaban J connectivity index is 2.29. The molecule has 1 aliphatic heterocycles. The molecule has 14 heavy (non-hydrogen) atoms. The minimum absolute atomic E-state index is 0.0455. The van der Waals surface area contributed by atoms with E-state index in [1.807, 2.05) is 18.2 Å². The molecule has 1 aliphatic rings. The van der Waals surface area contributed by atoms with Crippen LogP contribution in [0.2, 0.25) is 0 Å². The standard InChI is InChI=1S/C11H12BrNO/c12-9-6-3-5-8-4-1-2-7-10(8)13-11(9)14/h1-2,4,7,9H,3,5-6H2,(H,13,14). The van der Waals surface area contributed by atoms with Gasteiger partial charge in [0.1, 0.15) is 0 Å². The SMILES string of the molecule is O=C1Nc2ccccc2CCCC1Br. The Morgan fingerprint density at radius 2 is 2.14 bits per heavy atom. The van der Waals surface area contributed by atoms with E-state index in [1.54, 1.807) is 0 Å². The van der Waals surface area contributed by atoms with Crippen LogP contribution in [-0.4, -0.2) is 10.7 Å². The van der Waals surface area contributed by atoms with Gasteiger partial charge in [-0.05, 0) is 30.9 Å². The lowest BCUT2D eigenvalue weighted by atomic mass is 10.0. The van der Waals surface area contributed by atoms with Gasteiger partial charge in [-0.3, -0.25) is 4.79 Å². The molecule has 0 radical (unpaired) electrons. The van der Waals surface area contributed by atoms with Crippen molar-refractivity contribution in [2.75, 3.05) is 5.32 Å². The van der Waals surface area contributed by atoms with Crippen LogP contribution in [0.1, 0.15) is 18.4 Å². The Kier molecular flexibility index (Phi) is 2.87. The van der Waals surface area contributed by atoms with E-state index < -0.39 is 0 Å². The number of halogens is 1. The van der Waals surface area contributed by atoms with Gasteiger partial charge in [0.2, 0.25) is 5.91 Å². The molecule has 0 aromatic heterocycles. The summed E-state index contributed by atoms with van der Waals surface area (Å²) in [6.07, 6.45) is 3.00. The van der Waals surface area contributed by atoms with Gasteiger partial charge in [0.05, 0.1) is 4.83 Å². The number of hydrogen-bond acceptors (Lipinski definition) is 1. The van der Waals surface area contributed by atoms with Crippen LogP contribution in [0.15, 0.2) is 24.3 Å². The molecular formula is C11H12BrNO. The molecule has 0 bridgehead atoms. The number of benzene rings is 1. The predicted molar refractivity (Wildman–Crippen MR) is 60.7 cm³/mol. The summed E-state index contributed by atoms with van der Waals surface area (Å²) in [6.45, 7) is 0. The average Bonchev–Trinajstić information content (AvgIpc) is 2.18. The van der Waals surface area contributed by atoms with Crippen molar-refractivity contribution in [1.82, 2.24) is 0 Å². The van der Waals surface area contributed by atoms with Crippen LogP contribution < -0.4 is 5.32 Å². The minimum atomic E-state index is -0.0455. The summed E-state index contributed by atoms with van der Waals surface area (Å²) in [5, 5.41) is 2.93. The summed E-state index contributed by atoms with van der Waals surface area (Å²) in [5.74, 6) is 0.0668. The quantitative estimate of drug-likeness (QED) is 0.708. The molecule has 0 fully saturated rings. The molecule has 1 unspecified atom stereocenters. The van der Waals surface area contributed by atoms with Crippen LogP contribution in [-0.2, 0) is 11.2 Å². The molecule has 1 N–H and O–H groups in total. The van der Waals surface area contributed by atoms with Crippen LogP contribution in [0.4, 0.5) is 5.69 Å². The molecule has 0 spiro atoms. The molecule has 1 aromatic rings. The summed E-state index contributed by atoms with van der Waals surface area (Å²) in [4.78, 5) is 11.5. The summed E-state index contributed by atoms with van der Waals surface area (Å²) in [6, 6.07) is 7.99. The topological polar surface area (TPSA) is 29.1 Å². The highest BCUT2D eigenvalue weighted by Gasteiger charge is 2.18. The van der Waals surface area contributed by atoms with Gasteiger partial charge in [-0.15, -0.1) is 0 Å². The molecule has 74 valence electrons. The van der Waals surface area contributed by atoms with Crippen molar-refractivity contribution in [3.63, 3.8) is 0 Å². The number of hydrogen-bond donors (Lipinski definition) is 1. The monoisotopic (exact) mass is 253 g/mol. The largest absolute Gasteiger partial charge is 0.325 e. The Hall–Kier alpha value is -0.830. The first-order valence-corrected chi connectivity index (χ1v) is 5.72. The van der Waals surface area contributed by atoms with Gasteiger partial charge in [0.15, 0.2) is 0 Å². The number of anilines is 1. The Morgan fingerprint density at radius 1 is 1.36 bits per heavy atom. The molecule has 0 saturated carbocycles. The molecule has 1 atom stereocenters. The van der Waals surface area contributed by atoms with E-state index in [0.29, 0.717) is 0 Å². The Morgan fingerprint density at radius 3 is 3.00 bits per heavy atom. The van der Waals surface area contributed by atoms with E-state index >= 15 is 0 Å². The zero-order valence-electron chi connectivity index (χ0n) is 7.79.